The number of carbonyl (C=O) groups excluding carboxylic acids is 2. The number of amides is 1. The molecule has 0 unspecified atom stereocenters. The van der Waals surface area contributed by atoms with Gasteiger partial charge in [0.05, 0.1) is 5.92 Å². The first-order valence-electron chi connectivity index (χ1n) is 10.1. The first kappa shape index (κ1) is 16.4. The smallest absolute Gasteiger partial charge is 0.310 e. The average Bonchev–Trinajstić information content (AvgIpc) is 2.54. The number of hydrogen-bond acceptors (Lipinski definition) is 3. The summed E-state index contributed by atoms with van der Waals surface area (Å²) in [6.07, 6.45) is 11.3. The number of hydrogen-bond donors (Lipinski definition) is 1. The van der Waals surface area contributed by atoms with E-state index in [1.165, 1.54) is 51.4 Å². The second-order valence-corrected chi connectivity index (χ2v) is 8.88. The van der Waals surface area contributed by atoms with Crippen LogP contribution in [0.4, 0.5) is 0 Å². The lowest BCUT2D eigenvalue weighted by atomic mass is 9.52. The number of esters is 1. The highest BCUT2D eigenvalue weighted by molar-refractivity contribution is 5.84. The Hall–Kier alpha value is -1.06. The highest BCUT2D eigenvalue weighted by Gasteiger charge is 2.51. The zero-order valence-electron chi connectivity index (χ0n) is 14.8. The largest absolute Gasteiger partial charge is 0.452 e. The van der Waals surface area contributed by atoms with Gasteiger partial charge in [-0.1, -0.05) is 19.3 Å². The Kier molecular flexibility index (Phi) is 4.57. The third-order valence-corrected chi connectivity index (χ3v) is 7.11. The molecule has 4 nitrogen and oxygen atoms in total. The quantitative estimate of drug-likeness (QED) is 0.802. The first-order chi connectivity index (χ1) is 11.6. The fourth-order valence-electron chi connectivity index (χ4n) is 6.18. The predicted molar refractivity (Wildman–Crippen MR) is 91.1 cm³/mol. The summed E-state index contributed by atoms with van der Waals surface area (Å²) in [5, 5.41) is 3.08. The standard InChI is InChI=1S/C20H31NO3/c1-12(19(22)21-17-5-3-2-4-6-17)24-20(23)18-15-8-13-7-14(10-15)11-16(18)9-13/h12-18H,2-11H2,1H3,(H,21,22)/t12-,13?,14?,15?,16?,18?/m1/s1. The van der Waals surface area contributed by atoms with E-state index in [0.29, 0.717) is 11.8 Å². The van der Waals surface area contributed by atoms with Gasteiger partial charge < -0.3 is 10.1 Å². The molecule has 0 aliphatic heterocycles. The molecular weight excluding hydrogens is 302 g/mol. The molecule has 134 valence electrons. The fourth-order valence-corrected chi connectivity index (χ4v) is 6.18. The molecule has 24 heavy (non-hydrogen) atoms. The molecule has 5 fully saturated rings. The molecule has 0 aromatic rings. The van der Waals surface area contributed by atoms with E-state index in [1.807, 2.05) is 0 Å². The van der Waals surface area contributed by atoms with Crippen LogP contribution in [-0.4, -0.2) is 24.0 Å². The molecule has 1 atom stereocenters. The zero-order valence-corrected chi connectivity index (χ0v) is 14.8. The maximum Gasteiger partial charge on any atom is 0.310 e. The van der Waals surface area contributed by atoms with Crippen molar-refractivity contribution in [1.82, 2.24) is 5.32 Å². The Morgan fingerprint density at radius 1 is 0.917 bits per heavy atom. The van der Waals surface area contributed by atoms with E-state index in [4.69, 9.17) is 4.74 Å². The second kappa shape index (κ2) is 6.68. The molecule has 0 radical (unpaired) electrons. The third kappa shape index (κ3) is 3.21. The van der Waals surface area contributed by atoms with E-state index in [-0.39, 0.29) is 23.8 Å². The molecule has 0 aromatic heterocycles. The van der Waals surface area contributed by atoms with E-state index in [2.05, 4.69) is 5.32 Å². The lowest BCUT2D eigenvalue weighted by Gasteiger charge is -2.53. The molecule has 5 aliphatic carbocycles. The minimum absolute atomic E-state index is 0.0581. The van der Waals surface area contributed by atoms with Crippen molar-refractivity contribution < 1.29 is 14.3 Å². The number of nitrogens with one attached hydrogen (secondary N) is 1. The molecule has 0 saturated heterocycles. The van der Waals surface area contributed by atoms with Gasteiger partial charge in [-0.05, 0) is 75.5 Å². The molecule has 0 aromatic carbocycles. The number of ether oxygens (including phenoxy) is 1. The van der Waals surface area contributed by atoms with Crippen LogP contribution in [0.25, 0.3) is 0 Å². The van der Waals surface area contributed by atoms with Crippen LogP contribution in [0.15, 0.2) is 0 Å². The summed E-state index contributed by atoms with van der Waals surface area (Å²) in [7, 11) is 0. The van der Waals surface area contributed by atoms with Crippen LogP contribution in [0.1, 0.15) is 71.1 Å². The van der Waals surface area contributed by atoms with Crippen LogP contribution >= 0.6 is 0 Å². The summed E-state index contributed by atoms with van der Waals surface area (Å²) in [5.41, 5.74) is 0. The van der Waals surface area contributed by atoms with Crippen molar-refractivity contribution >= 4 is 11.9 Å². The molecule has 5 aliphatic rings. The van der Waals surface area contributed by atoms with Gasteiger partial charge in [-0.25, -0.2) is 0 Å². The molecule has 4 bridgehead atoms. The van der Waals surface area contributed by atoms with E-state index >= 15 is 0 Å². The van der Waals surface area contributed by atoms with Crippen LogP contribution in [0.2, 0.25) is 0 Å². The Bertz CT molecular complexity index is 469. The van der Waals surface area contributed by atoms with Gasteiger partial charge in [0.2, 0.25) is 0 Å². The molecule has 4 heteroatoms. The Morgan fingerprint density at radius 2 is 1.50 bits per heavy atom. The van der Waals surface area contributed by atoms with Gasteiger partial charge >= 0.3 is 5.97 Å². The van der Waals surface area contributed by atoms with Crippen molar-refractivity contribution in [3.05, 3.63) is 0 Å². The normalized spacial score (nSPS) is 39.5. The molecule has 1 amide bonds. The summed E-state index contributed by atoms with van der Waals surface area (Å²) in [4.78, 5) is 25.1. The topological polar surface area (TPSA) is 55.4 Å². The van der Waals surface area contributed by atoms with Crippen molar-refractivity contribution in [3.8, 4) is 0 Å². The van der Waals surface area contributed by atoms with E-state index in [9.17, 15) is 9.59 Å². The van der Waals surface area contributed by atoms with Crippen LogP contribution in [0, 0.1) is 29.6 Å². The van der Waals surface area contributed by atoms with Gasteiger partial charge in [0.1, 0.15) is 0 Å². The molecule has 1 N–H and O–H groups in total. The highest BCUT2D eigenvalue weighted by Crippen LogP contribution is 2.56. The summed E-state index contributed by atoms with van der Waals surface area (Å²) >= 11 is 0. The van der Waals surface area contributed by atoms with Gasteiger partial charge in [-0.3, -0.25) is 9.59 Å². The van der Waals surface area contributed by atoms with Gasteiger partial charge in [0.25, 0.3) is 5.91 Å². The van der Waals surface area contributed by atoms with Crippen molar-refractivity contribution in [2.75, 3.05) is 0 Å². The predicted octanol–water partition coefficient (Wildman–Crippen LogP) is 3.44. The second-order valence-electron chi connectivity index (χ2n) is 8.88. The van der Waals surface area contributed by atoms with Gasteiger partial charge in [0, 0.05) is 6.04 Å². The first-order valence-corrected chi connectivity index (χ1v) is 10.1. The SMILES string of the molecule is C[C@@H](OC(=O)C1C2CC3CC(C2)CC1C3)C(=O)NC1CCCCC1. The summed E-state index contributed by atoms with van der Waals surface area (Å²) in [6.45, 7) is 1.73. The molecule has 0 heterocycles. The van der Waals surface area contributed by atoms with Gasteiger partial charge in [0.15, 0.2) is 6.10 Å². The van der Waals surface area contributed by atoms with E-state index < -0.39 is 6.10 Å². The molecule has 5 saturated carbocycles. The minimum Gasteiger partial charge on any atom is -0.452 e. The van der Waals surface area contributed by atoms with Crippen molar-refractivity contribution in [2.24, 2.45) is 29.6 Å². The van der Waals surface area contributed by atoms with Crippen LogP contribution < -0.4 is 5.32 Å². The van der Waals surface area contributed by atoms with Gasteiger partial charge in [-0.2, -0.15) is 0 Å². The Morgan fingerprint density at radius 3 is 2.08 bits per heavy atom. The number of carbonyl (C=O) groups is 2. The van der Waals surface area contributed by atoms with Crippen molar-refractivity contribution in [2.45, 2.75) is 83.3 Å². The molecule has 0 spiro atoms. The van der Waals surface area contributed by atoms with Crippen LogP contribution in [-0.2, 0) is 14.3 Å². The lowest BCUT2D eigenvalue weighted by molar-refractivity contribution is -0.170. The molecule has 5 rings (SSSR count). The van der Waals surface area contributed by atoms with Crippen LogP contribution in [0.3, 0.4) is 0 Å². The summed E-state index contributed by atoms with van der Waals surface area (Å²) in [5.74, 6) is 2.58. The van der Waals surface area contributed by atoms with Crippen LogP contribution in [0.5, 0.6) is 0 Å². The Labute approximate surface area is 145 Å². The maximum absolute atomic E-state index is 12.7. The summed E-state index contributed by atoms with van der Waals surface area (Å²) < 4.78 is 5.63. The van der Waals surface area contributed by atoms with Crippen molar-refractivity contribution in [3.63, 3.8) is 0 Å². The minimum atomic E-state index is -0.656. The highest BCUT2D eigenvalue weighted by atomic mass is 16.5. The number of rotatable bonds is 4. The van der Waals surface area contributed by atoms with E-state index in [0.717, 1.165) is 24.7 Å². The van der Waals surface area contributed by atoms with Crippen molar-refractivity contribution in [1.29, 1.82) is 0 Å². The average molecular weight is 333 g/mol. The Balaban J connectivity index is 1.31. The zero-order chi connectivity index (χ0) is 16.7. The maximum atomic E-state index is 12.7. The third-order valence-electron chi connectivity index (χ3n) is 7.11. The summed E-state index contributed by atoms with van der Waals surface area (Å²) in [6, 6.07) is 0.272. The monoisotopic (exact) mass is 333 g/mol. The van der Waals surface area contributed by atoms with Gasteiger partial charge in [-0.15, -0.1) is 0 Å². The molecular formula is C20H31NO3. The lowest BCUT2D eigenvalue weighted by Crippen LogP contribution is -2.50. The van der Waals surface area contributed by atoms with E-state index in [1.54, 1.807) is 6.92 Å². The fraction of sp³-hybridized carbons (Fsp3) is 0.900.